The van der Waals surface area contributed by atoms with Gasteiger partial charge in [-0.1, -0.05) is 40.2 Å². The zero-order valence-electron chi connectivity index (χ0n) is 15.6. The van der Waals surface area contributed by atoms with Gasteiger partial charge in [-0.25, -0.2) is 4.98 Å². The van der Waals surface area contributed by atoms with E-state index in [9.17, 15) is 9.59 Å². The van der Waals surface area contributed by atoms with Crippen molar-refractivity contribution in [1.29, 1.82) is 0 Å². The molecule has 7 heteroatoms. The van der Waals surface area contributed by atoms with E-state index in [0.29, 0.717) is 34.0 Å². The first-order chi connectivity index (χ1) is 14.5. The Morgan fingerprint density at radius 3 is 2.33 bits per heavy atom. The Balaban J connectivity index is 1.60. The maximum absolute atomic E-state index is 12.9. The molecule has 6 nitrogen and oxygen atoms in total. The highest BCUT2D eigenvalue weighted by molar-refractivity contribution is 9.10. The van der Waals surface area contributed by atoms with Gasteiger partial charge in [-0.15, -0.1) is 0 Å². The number of amides is 2. The molecule has 0 saturated carbocycles. The molecule has 0 atom stereocenters. The van der Waals surface area contributed by atoms with E-state index in [1.165, 1.54) is 0 Å². The molecule has 1 heterocycles. The first-order valence-corrected chi connectivity index (χ1v) is 9.83. The average Bonchev–Trinajstić information content (AvgIpc) is 3.25. The van der Waals surface area contributed by atoms with Gasteiger partial charge >= 0.3 is 0 Å². The van der Waals surface area contributed by atoms with Crippen molar-refractivity contribution in [2.45, 2.75) is 0 Å². The van der Waals surface area contributed by atoms with Gasteiger partial charge in [0.1, 0.15) is 0 Å². The van der Waals surface area contributed by atoms with E-state index in [4.69, 9.17) is 10.2 Å². The number of hydrogen-bond donors (Lipinski definition) is 2. The lowest BCUT2D eigenvalue weighted by molar-refractivity contribution is 0.0998. The fourth-order valence-corrected chi connectivity index (χ4v) is 3.19. The van der Waals surface area contributed by atoms with E-state index in [-0.39, 0.29) is 5.91 Å². The van der Waals surface area contributed by atoms with Crippen LogP contribution in [0.15, 0.2) is 87.9 Å². The molecule has 0 aliphatic rings. The van der Waals surface area contributed by atoms with Crippen LogP contribution < -0.4 is 11.1 Å². The standard InChI is InChI=1S/C23H16BrN3O3/c24-16-9-5-14(6-10-16)20-13-26-23(30-20)19-4-2-1-3-18(19)22(29)27-17-11-7-15(8-12-17)21(25)28/h1-13H,(H2,25,28)(H,27,29). The number of halogens is 1. The molecule has 30 heavy (non-hydrogen) atoms. The summed E-state index contributed by atoms with van der Waals surface area (Å²) in [7, 11) is 0. The van der Waals surface area contributed by atoms with Gasteiger partial charge in [0.15, 0.2) is 5.76 Å². The van der Waals surface area contributed by atoms with Crippen molar-refractivity contribution in [3.05, 3.63) is 94.6 Å². The number of nitrogens with two attached hydrogens (primary N) is 1. The number of primary amides is 1. The smallest absolute Gasteiger partial charge is 0.256 e. The van der Waals surface area contributed by atoms with E-state index in [1.807, 2.05) is 30.3 Å². The number of aromatic nitrogens is 1. The second-order valence-electron chi connectivity index (χ2n) is 6.48. The van der Waals surface area contributed by atoms with E-state index >= 15 is 0 Å². The lowest BCUT2D eigenvalue weighted by Crippen LogP contribution is -2.14. The van der Waals surface area contributed by atoms with E-state index in [1.54, 1.807) is 48.7 Å². The monoisotopic (exact) mass is 461 g/mol. The molecule has 148 valence electrons. The fraction of sp³-hybridized carbons (Fsp3) is 0. The highest BCUT2D eigenvalue weighted by atomic mass is 79.9. The Bertz CT molecular complexity index is 1220. The number of hydrogen-bond acceptors (Lipinski definition) is 4. The van der Waals surface area contributed by atoms with Gasteiger partial charge < -0.3 is 15.5 Å². The number of carbonyl (C=O) groups is 2. The van der Waals surface area contributed by atoms with Gasteiger partial charge in [-0.05, 0) is 48.5 Å². The quantitative estimate of drug-likeness (QED) is 0.430. The van der Waals surface area contributed by atoms with Crippen LogP contribution >= 0.6 is 15.9 Å². The predicted octanol–water partition coefficient (Wildman–Crippen LogP) is 5.12. The van der Waals surface area contributed by atoms with Gasteiger partial charge in [0, 0.05) is 26.9 Å². The van der Waals surface area contributed by atoms with Gasteiger partial charge in [-0.2, -0.15) is 0 Å². The van der Waals surface area contributed by atoms with Gasteiger partial charge in [-0.3, -0.25) is 9.59 Å². The maximum Gasteiger partial charge on any atom is 0.256 e. The molecule has 0 fully saturated rings. The van der Waals surface area contributed by atoms with Crippen LogP contribution in [0, 0.1) is 0 Å². The zero-order valence-corrected chi connectivity index (χ0v) is 17.2. The van der Waals surface area contributed by atoms with Gasteiger partial charge in [0.25, 0.3) is 5.91 Å². The summed E-state index contributed by atoms with van der Waals surface area (Å²) in [5.74, 6) is 0.113. The minimum Gasteiger partial charge on any atom is -0.436 e. The molecule has 3 aromatic carbocycles. The highest BCUT2D eigenvalue weighted by Gasteiger charge is 2.17. The lowest BCUT2D eigenvalue weighted by atomic mass is 10.1. The Morgan fingerprint density at radius 2 is 1.63 bits per heavy atom. The van der Waals surface area contributed by atoms with Gasteiger partial charge in [0.05, 0.1) is 11.8 Å². The van der Waals surface area contributed by atoms with E-state index in [0.717, 1.165) is 10.0 Å². The summed E-state index contributed by atoms with van der Waals surface area (Å²) in [4.78, 5) is 28.4. The van der Waals surface area contributed by atoms with Crippen LogP contribution in [0.5, 0.6) is 0 Å². The first kappa shape index (κ1) is 19.6. The SMILES string of the molecule is NC(=O)c1ccc(NC(=O)c2ccccc2-c2ncc(-c3ccc(Br)cc3)o2)cc1. The van der Waals surface area contributed by atoms with Crippen molar-refractivity contribution in [1.82, 2.24) is 4.98 Å². The van der Waals surface area contributed by atoms with Crippen molar-refractivity contribution in [3.63, 3.8) is 0 Å². The van der Waals surface area contributed by atoms with E-state index < -0.39 is 5.91 Å². The molecule has 4 rings (SSSR count). The summed E-state index contributed by atoms with van der Waals surface area (Å²) in [6.07, 6.45) is 1.63. The first-order valence-electron chi connectivity index (χ1n) is 9.03. The predicted molar refractivity (Wildman–Crippen MR) is 118 cm³/mol. The van der Waals surface area contributed by atoms with Crippen LogP contribution in [0.25, 0.3) is 22.8 Å². The molecule has 2 amide bonds. The molecular weight excluding hydrogens is 446 g/mol. The summed E-state index contributed by atoms with van der Waals surface area (Å²) in [6, 6.07) is 21.1. The maximum atomic E-state index is 12.9. The Morgan fingerprint density at radius 1 is 0.933 bits per heavy atom. The van der Waals surface area contributed by atoms with Crippen LogP contribution in [0.2, 0.25) is 0 Å². The van der Waals surface area contributed by atoms with Crippen molar-refractivity contribution in [2.75, 3.05) is 5.32 Å². The van der Waals surface area contributed by atoms with Crippen LogP contribution in [0.4, 0.5) is 5.69 Å². The molecular formula is C23H16BrN3O3. The number of nitrogens with one attached hydrogen (secondary N) is 1. The number of rotatable bonds is 5. The number of benzene rings is 3. The Labute approximate surface area is 180 Å². The second-order valence-corrected chi connectivity index (χ2v) is 7.39. The Kier molecular flexibility index (Phi) is 5.45. The van der Waals surface area contributed by atoms with Crippen LogP contribution in [0.1, 0.15) is 20.7 Å². The summed E-state index contributed by atoms with van der Waals surface area (Å²) in [5.41, 5.74) is 8.04. The Hall–Kier alpha value is -3.71. The van der Waals surface area contributed by atoms with Crippen LogP contribution in [-0.2, 0) is 0 Å². The second kappa shape index (κ2) is 8.34. The molecule has 0 aliphatic carbocycles. The molecule has 1 aromatic heterocycles. The minimum atomic E-state index is -0.524. The third-order valence-electron chi connectivity index (χ3n) is 4.46. The molecule has 0 spiro atoms. The van der Waals surface area contributed by atoms with Crippen LogP contribution in [-0.4, -0.2) is 16.8 Å². The largest absolute Gasteiger partial charge is 0.436 e. The normalized spacial score (nSPS) is 10.6. The molecule has 0 radical (unpaired) electrons. The number of anilines is 1. The highest BCUT2D eigenvalue weighted by Crippen LogP contribution is 2.29. The molecule has 0 unspecified atom stereocenters. The zero-order chi connectivity index (χ0) is 21.1. The van der Waals surface area contributed by atoms with Gasteiger partial charge in [0.2, 0.25) is 11.8 Å². The molecule has 4 aromatic rings. The fourth-order valence-electron chi connectivity index (χ4n) is 2.93. The minimum absolute atomic E-state index is 0.319. The third kappa shape index (κ3) is 4.16. The average molecular weight is 462 g/mol. The van der Waals surface area contributed by atoms with Crippen molar-refractivity contribution in [2.24, 2.45) is 5.73 Å². The number of carbonyl (C=O) groups excluding carboxylic acids is 2. The summed E-state index contributed by atoms with van der Waals surface area (Å²) in [6.45, 7) is 0. The topological polar surface area (TPSA) is 98.2 Å². The molecule has 0 aliphatic heterocycles. The summed E-state index contributed by atoms with van der Waals surface area (Å²) in [5, 5.41) is 2.81. The van der Waals surface area contributed by atoms with E-state index in [2.05, 4.69) is 26.2 Å². The van der Waals surface area contributed by atoms with Crippen LogP contribution in [0.3, 0.4) is 0 Å². The summed E-state index contributed by atoms with van der Waals surface area (Å²) >= 11 is 3.41. The summed E-state index contributed by atoms with van der Waals surface area (Å²) < 4.78 is 6.89. The molecule has 0 bridgehead atoms. The van der Waals surface area contributed by atoms with Crippen molar-refractivity contribution < 1.29 is 14.0 Å². The molecule has 3 N–H and O–H groups in total. The van der Waals surface area contributed by atoms with Crippen molar-refractivity contribution >= 4 is 33.4 Å². The third-order valence-corrected chi connectivity index (χ3v) is 4.99. The number of oxazole rings is 1. The molecule has 0 saturated heterocycles. The lowest BCUT2D eigenvalue weighted by Gasteiger charge is -2.08. The number of nitrogens with zero attached hydrogens (tertiary/aromatic N) is 1. The van der Waals surface area contributed by atoms with Crippen molar-refractivity contribution in [3.8, 4) is 22.8 Å².